The smallest absolute Gasteiger partial charge is 0.341 e. The Balaban J connectivity index is 1.31. The van der Waals surface area contributed by atoms with E-state index in [4.69, 9.17) is 14.2 Å². The molecule has 0 saturated carbocycles. The highest BCUT2D eigenvalue weighted by atomic mass is 32.2. The van der Waals surface area contributed by atoms with Crippen molar-refractivity contribution in [3.05, 3.63) is 75.9 Å². The summed E-state index contributed by atoms with van der Waals surface area (Å²) in [5.41, 5.74) is 2.96. The van der Waals surface area contributed by atoms with Gasteiger partial charge in [-0.2, -0.15) is 0 Å². The van der Waals surface area contributed by atoms with Crippen LogP contribution in [0.15, 0.2) is 53.7 Å². The number of ether oxygens (including phenoxy) is 3. The topological polar surface area (TPSA) is 134 Å². The summed E-state index contributed by atoms with van der Waals surface area (Å²) >= 11 is 2.63. The van der Waals surface area contributed by atoms with E-state index in [0.717, 1.165) is 41.0 Å². The molecule has 13 heteroatoms. The Morgan fingerprint density at radius 3 is 2.55 bits per heavy atom. The van der Waals surface area contributed by atoms with Gasteiger partial charge in [-0.1, -0.05) is 36.0 Å². The second-order valence-corrected chi connectivity index (χ2v) is 11.9. The minimum absolute atomic E-state index is 0.0158. The van der Waals surface area contributed by atoms with Gasteiger partial charge in [0.25, 0.3) is 0 Å². The van der Waals surface area contributed by atoms with Crippen LogP contribution in [0, 0.1) is 0 Å². The summed E-state index contributed by atoms with van der Waals surface area (Å²) in [6.45, 7) is 2.13. The van der Waals surface area contributed by atoms with E-state index in [2.05, 4.69) is 20.8 Å². The lowest BCUT2D eigenvalue weighted by Crippen LogP contribution is -2.26. The Kier molecular flexibility index (Phi) is 10.2. The second-order valence-electron chi connectivity index (χ2n) is 9.83. The molecule has 0 bridgehead atoms. The molecule has 4 aromatic rings. The molecule has 2 amide bonds. The molecule has 2 aromatic carbocycles. The molecule has 5 rings (SSSR count). The number of nitrogens with zero attached hydrogens (tertiary/aromatic N) is 3. The Bertz CT molecular complexity index is 1650. The number of esters is 1. The van der Waals surface area contributed by atoms with E-state index in [0.29, 0.717) is 33.0 Å². The Hall–Kier alpha value is -4.36. The quantitative estimate of drug-likeness (QED) is 0.160. The maximum Gasteiger partial charge on any atom is 0.341 e. The molecule has 0 fully saturated rings. The number of thiophene rings is 1. The van der Waals surface area contributed by atoms with Crippen LogP contribution in [-0.4, -0.2) is 59.1 Å². The predicted molar refractivity (Wildman–Crippen MR) is 168 cm³/mol. The van der Waals surface area contributed by atoms with Gasteiger partial charge in [-0.25, -0.2) is 4.79 Å². The molecule has 2 N–H and O–H groups in total. The van der Waals surface area contributed by atoms with Crippen LogP contribution in [0.5, 0.6) is 11.5 Å². The van der Waals surface area contributed by atoms with Gasteiger partial charge in [0.1, 0.15) is 16.5 Å². The van der Waals surface area contributed by atoms with Crippen molar-refractivity contribution in [2.45, 2.75) is 44.3 Å². The molecule has 0 aliphatic heterocycles. The number of carbonyl (C=O) groups is 3. The number of aromatic nitrogens is 3. The van der Waals surface area contributed by atoms with E-state index in [1.165, 1.54) is 23.1 Å². The zero-order valence-electron chi connectivity index (χ0n) is 24.7. The van der Waals surface area contributed by atoms with Gasteiger partial charge in [0.2, 0.25) is 11.8 Å². The van der Waals surface area contributed by atoms with Crippen molar-refractivity contribution < 1.29 is 28.6 Å². The van der Waals surface area contributed by atoms with Gasteiger partial charge in [-0.15, -0.1) is 21.5 Å². The number of rotatable bonds is 13. The van der Waals surface area contributed by atoms with Crippen molar-refractivity contribution in [1.82, 2.24) is 20.1 Å². The molecule has 0 atom stereocenters. The van der Waals surface area contributed by atoms with Crippen LogP contribution in [0.25, 0.3) is 5.69 Å². The summed E-state index contributed by atoms with van der Waals surface area (Å²) in [7, 11) is 3.16. The molecule has 0 unspecified atom stereocenters. The third-order valence-corrected chi connectivity index (χ3v) is 9.12. The fourth-order valence-electron chi connectivity index (χ4n) is 4.94. The minimum atomic E-state index is -0.413. The maximum atomic E-state index is 13.1. The van der Waals surface area contributed by atoms with E-state index in [9.17, 15) is 14.4 Å². The summed E-state index contributed by atoms with van der Waals surface area (Å²) in [6, 6.07) is 14.7. The standard InChI is InChI=1S/C31H33N5O6S2/c1-4-42-30(39)28-21-8-7-11-24(21)44-29(28)33-27(38)18-43-31-35-34-25(36(31)22-9-5-6-10-23(22)41-3)17-32-26(37)16-19-12-14-20(40-2)15-13-19/h5-6,9-10,12-15H,4,7-8,11,16-18H2,1-3H3,(H,32,37)(H,33,38). The Morgan fingerprint density at radius 1 is 1.00 bits per heavy atom. The lowest BCUT2D eigenvalue weighted by molar-refractivity contribution is -0.120. The first-order chi connectivity index (χ1) is 21.4. The van der Waals surface area contributed by atoms with Gasteiger partial charge in [-0.05, 0) is 61.6 Å². The van der Waals surface area contributed by atoms with E-state index in [-0.39, 0.29) is 37.1 Å². The molecule has 1 aliphatic rings. The van der Waals surface area contributed by atoms with Crippen molar-refractivity contribution in [3.63, 3.8) is 0 Å². The fourth-order valence-corrected chi connectivity index (χ4v) is 7.00. The van der Waals surface area contributed by atoms with Crippen molar-refractivity contribution in [3.8, 4) is 17.2 Å². The molecular weight excluding hydrogens is 603 g/mol. The minimum Gasteiger partial charge on any atom is -0.497 e. The van der Waals surface area contributed by atoms with Crippen LogP contribution in [0.4, 0.5) is 5.00 Å². The number of nitrogens with one attached hydrogen (secondary N) is 2. The molecule has 0 spiro atoms. The SMILES string of the molecule is CCOC(=O)c1c(NC(=O)CSc2nnc(CNC(=O)Cc3ccc(OC)cc3)n2-c2ccccc2OC)sc2c1CCC2. The summed E-state index contributed by atoms with van der Waals surface area (Å²) < 4.78 is 17.8. The molecule has 2 heterocycles. The van der Waals surface area contributed by atoms with Gasteiger partial charge in [0.05, 0.1) is 50.8 Å². The molecule has 44 heavy (non-hydrogen) atoms. The molecule has 2 aromatic heterocycles. The van der Waals surface area contributed by atoms with Crippen LogP contribution in [0.3, 0.4) is 0 Å². The van der Waals surface area contributed by atoms with Crippen molar-refractivity contribution >= 4 is 45.9 Å². The third kappa shape index (κ3) is 7.05. The largest absolute Gasteiger partial charge is 0.497 e. The number of benzene rings is 2. The normalized spacial score (nSPS) is 12.0. The molecular formula is C31H33N5O6S2. The first-order valence-electron chi connectivity index (χ1n) is 14.1. The highest BCUT2D eigenvalue weighted by Crippen LogP contribution is 2.39. The monoisotopic (exact) mass is 635 g/mol. The number of carbonyl (C=O) groups excluding carboxylic acids is 3. The summed E-state index contributed by atoms with van der Waals surface area (Å²) in [5, 5.41) is 15.5. The van der Waals surface area contributed by atoms with E-state index in [1.54, 1.807) is 25.7 Å². The maximum absolute atomic E-state index is 13.1. The van der Waals surface area contributed by atoms with Gasteiger partial charge in [0, 0.05) is 4.88 Å². The number of hydrogen-bond donors (Lipinski definition) is 2. The average Bonchev–Trinajstić information content (AvgIpc) is 3.74. The fraction of sp³-hybridized carbons (Fsp3) is 0.323. The lowest BCUT2D eigenvalue weighted by atomic mass is 10.1. The van der Waals surface area contributed by atoms with Crippen LogP contribution >= 0.6 is 23.1 Å². The van der Waals surface area contributed by atoms with Crippen molar-refractivity contribution in [2.24, 2.45) is 0 Å². The lowest BCUT2D eigenvalue weighted by Gasteiger charge is -2.14. The number of fused-ring (bicyclic) bond motifs is 1. The number of amides is 2. The third-order valence-electron chi connectivity index (χ3n) is 6.98. The number of methoxy groups -OCH3 is 2. The van der Waals surface area contributed by atoms with Crippen molar-refractivity contribution in [2.75, 3.05) is 31.9 Å². The first-order valence-corrected chi connectivity index (χ1v) is 15.9. The molecule has 11 nitrogen and oxygen atoms in total. The molecule has 1 aliphatic carbocycles. The summed E-state index contributed by atoms with van der Waals surface area (Å²) in [5.74, 6) is 0.905. The van der Waals surface area contributed by atoms with Crippen LogP contribution < -0.4 is 20.1 Å². The van der Waals surface area contributed by atoms with Crippen molar-refractivity contribution in [1.29, 1.82) is 0 Å². The summed E-state index contributed by atoms with van der Waals surface area (Å²) in [4.78, 5) is 39.7. The number of anilines is 1. The zero-order chi connectivity index (χ0) is 31.1. The van der Waals surface area contributed by atoms with Crippen LogP contribution in [0.1, 0.15) is 45.5 Å². The molecule has 0 saturated heterocycles. The molecule has 0 radical (unpaired) electrons. The van der Waals surface area contributed by atoms with E-state index < -0.39 is 5.97 Å². The van der Waals surface area contributed by atoms with Crippen LogP contribution in [-0.2, 0) is 40.1 Å². The van der Waals surface area contributed by atoms with Gasteiger partial charge < -0.3 is 24.8 Å². The number of para-hydroxylation sites is 2. The first kappa shape index (κ1) is 31.1. The molecule has 230 valence electrons. The van der Waals surface area contributed by atoms with Gasteiger partial charge in [-0.3, -0.25) is 14.2 Å². The predicted octanol–water partition coefficient (Wildman–Crippen LogP) is 4.60. The Morgan fingerprint density at radius 2 is 1.80 bits per heavy atom. The van der Waals surface area contributed by atoms with E-state index >= 15 is 0 Å². The number of aryl methyl sites for hydroxylation is 1. The number of hydrogen-bond acceptors (Lipinski definition) is 10. The number of thioether (sulfide) groups is 1. The van der Waals surface area contributed by atoms with Crippen LogP contribution in [0.2, 0.25) is 0 Å². The average molecular weight is 636 g/mol. The Labute approximate surface area is 263 Å². The summed E-state index contributed by atoms with van der Waals surface area (Å²) in [6.07, 6.45) is 2.86. The van der Waals surface area contributed by atoms with Gasteiger partial charge in [0.15, 0.2) is 11.0 Å². The highest BCUT2D eigenvalue weighted by molar-refractivity contribution is 7.99. The van der Waals surface area contributed by atoms with Gasteiger partial charge >= 0.3 is 5.97 Å². The van der Waals surface area contributed by atoms with E-state index in [1.807, 2.05) is 48.5 Å². The highest BCUT2D eigenvalue weighted by Gasteiger charge is 2.28. The second kappa shape index (κ2) is 14.4. The zero-order valence-corrected chi connectivity index (χ0v) is 26.3.